The summed E-state index contributed by atoms with van der Waals surface area (Å²) in [6.07, 6.45) is 2.55. The average Bonchev–Trinajstić information content (AvgIpc) is 3.11. The normalized spacial score (nSPS) is 19.6. The molecule has 1 aliphatic rings. The largest absolute Gasteiger partial charge is 0.468 e. The highest BCUT2D eigenvalue weighted by Gasteiger charge is 2.35. The zero-order valence-electron chi connectivity index (χ0n) is 10.7. The number of carbonyl (C=O) groups excluding carboxylic acids is 1. The second-order valence-electron chi connectivity index (χ2n) is 4.51. The molecule has 0 saturated heterocycles. The van der Waals surface area contributed by atoms with Crippen LogP contribution in [0.5, 0.6) is 0 Å². The number of esters is 1. The summed E-state index contributed by atoms with van der Waals surface area (Å²) >= 11 is 0. The van der Waals surface area contributed by atoms with Gasteiger partial charge in [0.25, 0.3) is 0 Å². The summed E-state index contributed by atoms with van der Waals surface area (Å²) in [7, 11) is 3.12. The Morgan fingerprint density at radius 2 is 2.00 bits per heavy atom. The van der Waals surface area contributed by atoms with Crippen molar-refractivity contribution in [3.63, 3.8) is 0 Å². The Bertz CT molecular complexity index is 228. The van der Waals surface area contributed by atoms with Gasteiger partial charge in [-0.3, -0.25) is 9.69 Å². The van der Waals surface area contributed by atoms with E-state index >= 15 is 0 Å². The maximum absolute atomic E-state index is 11.6. The van der Waals surface area contributed by atoms with E-state index in [1.54, 1.807) is 7.11 Å². The summed E-state index contributed by atoms with van der Waals surface area (Å²) < 4.78 is 9.89. The third-order valence-electron chi connectivity index (χ3n) is 3.42. The van der Waals surface area contributed by atoms with E-state index in [0.29, 0.717) is 12.6 Å². The highest BCUT2D eigenvalue weighted by atomic mass is 16.5. The third-order valence-corrected chi connectivity index (χ3v) is 3.42. The van der Waals surface area contributed by atoms with Crippen LogP contribution >= 0.6 is 0 Å². The van der Waals surface area contributed by atoms with Gasteiger partial charge < -0.3 is 9.47 Å². The van der Waals surface area contributed by atoms with Gasteiger partial charge in [0.1, 0.15) is 6.04 Å². The van der Waals surface area contributed by atoms with Gasteiger partial charge in [-0.05, 0) is 32.6 Å². The van der Waals surface area contributed by atoms with E-state index < -0.39 is 0 Å². The van der Waals surface area contributed by atoms with Crippen LogP contribution in [0.3, 0.4) is 0 Å². The molecule has 1 saturated carbocycles. The molecule has 0 spiro atoms. The van der Waals surface area contributed by atoms with Crippen molar-refractivity contribution in [1.82, 2.24) is 4.90 Å². The minimum Gasteiger partial charge on any atom is -0.468 e. The Morgan fingerprint density at radius 1 is 1.38 bits per heavy atom. The van der Waals surface area contributed by atoms with Crippen molar-refractivity contribution >= 4 is 5.97 Å². The SMILES string of the molecule is COCCN(C(C)C(=O)OC)C(C)C1CC1. The fourth-order valence-corrected chi connectivity index (χ4v) is 2.10. The topological polar surface area (TPSA) is 38.8 Å². The highest BCUT2D eigenvalue weighted by molar-refractivity contribution is 5.75. The number of rotatable bonds is 7. The van der Waals surface area contributed by atoms with Crippen molar-refractivity contribution in [3.8, 4) is 0 Å². The first-order chi connectivity index (χ1) is 7.61. The monoisotopic (exact) mass is 229 g/mol. The Balaban J connectivity index is 2.57. The summed E-state index contributed by atoms with van der Waals surface area (Å²) in [5.74, 6) is 0.576. The van der Waals surface area contributed by atoms with E-state index in [-0.39, 0.29) is 12.0 Å². The van der Waals surface area contributed by atoms with E-state index in [2.05, 4.69) is 11.8 Å². The zero-order valence-corrected chi connectivity index (χ0v) is 10.7. The Morgan fingerprint density at radius 3 is 2.44 bits per heavy atom. The number of methoxy groups -OCH3 is 2. The second kappa shape index (κ2) is 6.21. The quantitative estimate of drug-likeness (QED) is 0.617. The number of hydrogen-bond donors (Lipinski definition) is 0. The fourth-order valence-electron chi connectivity index (χ4n) is 2.10. The zero-order chi connectivity index (χ0) is 12.1. The minimum absolute atomic E-state index is 0.163. The van der Waals surface area contributed by atoms with E-state index in [4.69, 9.17) is 9.47 Å². The molecule has 0 heterocycles. The lowest BCUT2D eigenvalue weighted by Gasteiger charge is -2.32. The van der Waals surface area contributed by atoms with Gasteiger partial charge in [-0.15, -0.1) is 0 Å². The predicted molar refractivity (Wildman–Crippen MR) is 62.2 cm³/mol. The highest BCUT2D eigenvalue weighted by Crippen LogP contribution is 2.35. The van der Waals surface area contributed by atoms with Crippen molar-refractivity contribution in [3.05, 3.63) is 0 Å². The van der Waals surface area contributed by atoms with Crippen LogP contribution in [-0.2, 0) is 14.3 Å². The summed E-state index contributed by atoms with van der Waals surface area (Å²) in [5, 5.41) is 0. The Hall–Kier alpha value is -0.610. The Kier molecular flexibility index (Phi) is 5.22. The average molecular weight is 229 g/mol. The van der Waals surface area contributed by atoms with Crippen molar-refractivity contribution in [2.45, 2.75) is 38.8 Å². The van der Waals surface area contributed by atoms with Gasteiger partial charge in [-0.25, -0.2) is 0 Å². The molecule has 1 aliphatic carbocycles. The first-order valence-electron chi connectivity index (χ1n) is 5.94. The number of carbonyl (C=O) groups is 1. The van der Waals surface area contributed by atoms with E-state index in [1.807, 2.05) is 6.92 Å². The lowest BCUT2D eigenvalue weighted by atomic mass is 10.1. The first-order valence-corrected chi connectivity index (χ1v) is 5.94. The summed E-state index contributed by atoms with van der Waals surface area (Å²) in [4.78, 5) is 13.7. The maximum atomic E-state index is 11.6. The smallest absolute Gasteiger partial charge is 0.322 e. The molecule has 1 fully saturated rings. The molecule has 2 unspecified atom stereocenters. The van der Waals surface area contributed by atoms with Crippen LogP contribution in [-0.4, -0.2) is 50.3 Å². The standard InChI is InChI=1S/C12H23NO3/c1-9(11-5-6-11)13(7-8-15-3)10(2)12(14)16-4/h9-11H,5-8H2,1-4H3. The molecular weight excluding hydrogens is 206 g/mol. The molecule has 0 aromatic rings. The molecule has 0 aromatic carbocycles. The van der Waals surface area contributed by atoms with Gasteiger partial charge in [0.15, 0.2) is 0 Å². The molecular formula is C12H23NO3. The first kappa shape index (κ1) is 13.5. The van der Waals surface area contributed by atoms with Crippen LogP contribution in [0.25, 0.3) is 0 Å². The van der Waals surface area contributed by atoms with Gasteiger partial charge in [0.05, 0.1) is 13.7 Å². The van der Waals surface area contributed by atoms with Crippen LogP contribution in [0.1, 0.15) is 26.7 Å². The molecule has 0 bridgehead atoms. The van der Waals surface area contributed by atoms with Crippen LogP contribution in [0.2, 0.25) is 0 Å². The van der Waals surface area contributed by atoms with Crippen LogP contribution in [0, 0.1) is 5.92 Å². The van der Waals surface area contributed by atoms with Crippen LogP contribution in [0.4, 0.5) is 0 Å². The molecule has 1 rings (SSSR count). The molecule has 0 amide bonds. The fraction of sp³-hybridized carbons (Fsp3) is 0.917. The van der Waals surface area contributed by atoms with Crippen molar-refractivity contribution in [1.29, 1.82) is 0 Å². The molecule has 2 atom stereocenters. The van der Waals surface area contributed by atoms with Gasteiger partial charge in [0, 0.05) is 19.7 Å². The van der Waals surface area contributed by atoms with E-state index in [9.17, 15) is 4.79 Å². The van der Waals surface area contributed by atoms with Crippen LogP contribution < -0.4 is 0 Å². The summed E-state index contributed by atoms with van der Waals surface area (Å²) in [5.41, 5.74) is 0. The maximum Gasteiger partial charge on any atom is 0.322 e. The molecule has 4 heteroatoms. The minimum atomic E-state index is -0.184. The molecule has 94 valence electrons. The summed E-state index contributed by atoms with van der Waals surface area (Å²) in [6.45, 7) is 5.52. The molecule has 4 nitrogen and oxygen atoms in total. The van der Waals surface area contributed by atoms with Gasteiger partial charge >= 0.3 is 5.97 Å². The number of ether oxygens (including phenoxy) is 2. The van der Waals surface area contributed by atoms with Gasteiger partial charge in [-0.1, -0.05) is 0 Å². The number of nitrogens with zero attached hydrogens (tertiary/aromatic N) is 1. The second-order valence-corrected chi connectivity index (χ2v) is 4.51. The molecule has 16 heavy (non-hydrogen) atoms. The van der Waals surface area contributed by atoms with Crippen LogP contribution in [0.15, 0.2) is 0 Å². The Labute approximate surface area is 97.9 Å². The molecule has 0 radical (unpaired) electrons. The lowest BCUT2D eigenvalue weighted by Crippen LogP contribution is -2.47. The lowest BCUT2D eigenvalue weighted by molar-refractivity contribution is -0.147. The van der Waals surface area contributed by atoms with Crippen molar-refractivity contribution in [2.24, 2.45) is 5.92 Å². The summed E-state index contributed by atoms with van der Waals surface area (Å²) in [6, 6.07) is 0.250. The third kappa shape index (κ3) is 3.46. The molecule has 0 aromatic heterocycles. The molecule has 0 N–H and O–H groups in total. The molecule has 0 aliphatic heterocycles. The van der Waals surface area contributed by atoms with Crippen molar-refractivity contribution in [2.75, 3.05) is 27.4 Å². The van der Waals surface area contributed by atoms with Crippen molar-refractivity contribution < 1.29 is 14.3 Å². The van der Waals surface area contributed by atoms with E-state index in [1.165, 1.54) is 20.0 Å². The van der Waals surface area contributed by atoms with Gasteiger partial charge in [-0.2, -0.15) is 0 Å². The number of hydrogen-bond acceptors (Lipinski definition) is 4. The van der Waals surface area contributed by atoms with Gasteiger partial charge in [0.2, 0.25) is 0 Å². The predicted octanol–water partition coefficient (Wildman–Crippen LogP) is 1.29. The van der Waals surface area contributed by atoms with E-state index in [0.717, 1.165) is 12.5 Å².